The van der Waals surface area contributed by atoms with Gasteiger partial charge in [-0.25, -0.2) is 0 Å². The second-order valence-electron chi connectivity index (χ2n) is 6.41. The van der Waals surface area contributed by atoms with Crippen molar-refractivity contribution in [1.29, 1.82) is 0 Å². The van der Waals surface area contributed by atoms with Gasteiger partial charge in [-0.1, -0.05) is 35.9 Å². The van der Waals surface area contributed by atoms with Crippen molar-refractivity contribution in [2.24, 2.45) is 0 Å². The Morgan fingerprint density at radius 1 is 1.08 bits per heavy atom. The molecule has 6 heteroatoms. The molecule has 3 rings (SSSR count). The molecule has 2 aromatic carbocycles. The van der Waals surface area contributed by atoms with Crippen molar-refractivity contribution in [2.45, 2.75) is 37.8 Å². The number of benzene rings is 2. The van der Waals surface area contributed by atoms with Crippen LogP contribution in [0, 0.1) is 0 Å². The van der Waals surface area contributed by atoms with Gasteiger partial charge in [0.1, 0.15) is 30.2 Å². The SMILES string of the molecule is CCOc1ccc(Cc2cc(C3OCC(O)C(O)C3O)ccc2Cl)cc1. The largest absolute Gasteiger partial charge is 0.494 e. The van der Waals surface area contributed by atoms with E-state index in [-0.39, 0.29) is 6.61 Å². The van der Waals surface area contributed by atoms with Gasteiger partial charge in [-0.3, -0.25) is 0 Å². The fraction of sp³-hybridized carbons (Fsp3) is 0.400. The standard InChI is InChI=1S/C20H23ClO5/c1-2-25-15-6-3-12(4-7-15)9-14-10-13(5-8-16(14)21)20-19(24)18(23)17(22)11-26-20/h3-8,10,17-20,22-24H,2,9,11H2,1H3. The molecule has 1 aliphatic rings. The van der Waals surface area contributed by atoms with Crippen molar-refractivity contribution in [3.63, 3.8) is 0 Å². The lowest BCUT2D eigenvalue weighted by molar-refractivity contribution is -0.189. The molecule has 26 heavy (non-hydrogen) atoms. The summed E-state index contributed by atoms with van der Waals surface area (Å²) in [5.74, 6) is 0.822. The van der Waals surface area contributed by atoms with E-state index in [1.165, 1.54) is 0 Å². The summed E-state index contributed by atoms with van der Waals surface area (Å²) in [4.78, 5) is 0. The van der Waals surface area contributed by atoms with E-state index in [4.69, 9.17) is 21.1 Å². The van der Waals surface area contributed by atoms with E-state index in [0.29, 0.717) is 23.6 Å². The van der Waals surface area contributed by atoms with Gasteiger partial charge in [0, 0.05) is 5.02 Å². The van der Waals surface area contributed by atoms with Crippen LogP contribution in [0.2, 0.25) is 5.02 Å². The highest BCUT2D eigenvalue weighted by molar-refractivity contribution is 6.31. The smallest absolute Gasteiger partial charge is 0.119 e. The Kier molecular flexibility index (Phi) is 6.16. The quantitative estimate of drug-likeness (QED) is 0.745. The Balaban J connectivity index is 1.79. The van der Waals surface area contributed by atoms with Gasteiger partial charge in [0.15, 0.2) is 0 Å². The third kappa shape index (κ3) is 4.19. The first-order valence-electron chi connectivity index (χ1n) is 8.65. The average molecular weight is 379 g/mol. The molecule has 0 amide bonds. The van der Waals surface area contributed by atoms with E-state index >= 15 is 0 Å². The van der Waals surface area contributed by atoms with E-state index in [0.717, 1.165) is 16.9 Å². The molecule has 140 valence electrons. The van der Waals surface area contributed by atoms with Crippen molar-refractivity contribution in [3.8, 4) is 5.75 Å². The van der Waals surface area contributed by atoms with E-state index in [9.17, 15) is 15.3 Å². The lowest BCUT2D eigenvalue weighted by atomic mass is 9.93. The molecule has 0 saturated carbocycles. The molecular formula is C20H23ClO5. The average Bonchev–Trinajstić information content (AvgIpc) is 2.64. The number of rotatable bonds is 5. The van der Waals surface area contributed by atoms with Gasteiger partial charge in [0.2, 0.25) is 0 Å². The molecule has 1 aliphatic heterocycles. The van der Waals surface area contributed by atoms with E-state index in [2.05, 4.69) is 0 Å². The van der Waals surface area contributed by atoms with Crippen LogP contribution in [0.25, 0.3) is 0 Å². The van der Waals surface area contributed by atoms with Gasteiger partial charge in [-0.15, -0.1) is 0 Å². The topological polar surface area (TPSA) is 79.2 Å². The second kappa shape index (κ2) is 8.37. The molecule has 0 aliphatic carbocycles. The molecule has 1 saturated heterocycles. The Morgan fingerprint density at radius 3 is 2.50 bits per heavy atom. The predicted octanol–water partition coefficient (Wildman–Crippen LogP) is 2.48. The van der Waals surface area contributed by atoms with E-state index in [1.54, 1.807) is 12.1 Å². The lowest BCUT2D eigenvalue weighted by Crippen LogP contribution is -2.49. The predicted molar refractivity (Wildman–Crippen MR) is 98.6 cm³/mol. The first-order chi connectivity index (χ1) is 12.5. The molecule has 4 unspecified atom stereocenters. The fourth-order valence-corrected chi connectivity index (χ4v) is 3.28. The number of aliphatic hydroxyl groups is 3. The molecule has 2 aromatic rings. The molecule has 5 nitrogen and oxygen atoms in total. The normalized spacial score (nSPS) is 25.9. The van der Waals surface area contributed by atoms with Crippen LogP contribution < -0.4 is 4.74 Å². The van der Waals surface area contributed by atoms with Crippen LogP contribution in [0.4, 0.5) is 0 Å². The highest BCUT2D eigenvalue weighted by Crippen LogP contribution is 2.32. The van der Waals surface area contributed by atoms with Gasteiger partial charge in [-0.05, 0) is 48.2 Å². The van der Waals surface area contributed by atoms with Crippen LogP contribution in [0.5, 0.6) is 5.75 Å². The van der Waals surface area contributed by atoms with Crippen LogP contribution in [0.3, 0.4) is 0 Å². The van der Waals surface area contributed by atoms with Crippen LogP contribution >= 0.6 is 11.6 Å². The molecule has 1 fully saturated rings. The Labute approximate surface area is 157 Å². The minimum atomic E-state index is -1.24. The third-order valence-electron chi connectivity index (χ3n) is 4.53. The van der Waals surface area contributed by atoms with Gasteiger partial charge in [0.05, 0.1) is 13.2 Å². The van der Waals surface area contributed by atoms with Crippen molar-refractivity contribution >= 4 is 11.6 Å². The molecule has 3 N–H and O–H groups in total. The Hall–Kier alpha value is -1.63. The number of halogens is 1. The first-order valence-corrected chi connectivity index (χ1v) is 9.03. The summed E-state index contributed by atoms with van der Waals surface area (Å²) in [6.07, 6.45) is -3.61. The molecule has 0 aromatic heterocycles. The third-order valence-corrected chi connectivity index (χ3v) is 4.90. The summed E-state index contributed by atoms with van der Waals surface area (Å²) in [5, 5.41) is 30.3. The highest BCUT2D eigenvalue weighted by atomic mass is 35.5. The van der Waals surface area contributed by atoms with Crippen molar-refractivity contribution < 1.29 is 24.8 Å². The number of aliphatic hydroxyl groups excluding tert-OH is 3. The van der Waals surface area contributed by atoms with Gasteiger partial charge < -0.3 is 24.8 Å². The second-order valence-corrected chi connectivity index (χ2v) is 6.81. The zero-order chi connectivity index (χ0) is 18.7. The van der Waals surface area contributed by atoms with Crippen molar-refractivity contribution in [3.05, 3.63) is 64.2 Å². The fourth-order valence-electron chi connectivity index (χ4n) is 3.10. The minimum absolute atomic E-state index is 0.0280. The van der Waals surface area contributed by atoms with E-state index in [1.807, 2.05) is 37.3 Å². The molecule has 0 spiro atoms. The maximum absolute atomic E-state index is 10.2. The summed E-state index contributed by atoms with van der Waals surface area (Å²) < 4.78 is 11.0. The molecule has 0 radical (unpaired) electrons. The monoisotopic (exact) mass is 378 g/mol. The molecule has 0 bridgehead atoms. The summed E-state index contributed by atoms with van der Waals surface area (Å²) in [7, 11) is 0. The Bertz CT molecular complexity index is 733. The van der Waals surface area contributed by atoms with Crippen LogP contribution in [0.15, 0.2) is 42.5 Å². The maximum atomic E-state index is 10.2. The van der Waals surface area contributed by atoms with Crippen LogP contribution in [0.1, 0.15) is 29.7 Å². The number of hydrogen-bond donors (Lipinski definition) is 3. The van der Waals surface area contributed by atoms with Crippen molar-refractivity contribution in [1.82, 2.24) is 0 Å². The van der Waals surface area contributed by atoms with Gasteiger partial charge in [-0.2, -0.15) is 0 Å². The molecular weight excluding hydrogens is 356 g/mol. The molecule has 1 heterocycles. The summed E-state index contributed by atoms with van der Waals surface area (Å²) in [6, 6.07) is 13.2. The summed E-state index contributed by atoms with van der Waals surface area (Å²) in [5.41, 5.74) is 2.69. The summed E-state index contributed by atoms with van der Waals surface area (Å²) >= 11 is 6.34. The molecule has 4 atom stereocenters. The number of hydrogen-bond acceptors (Lipinski definition) is 5. The maximum Gasteiger partial charge on any atom is 0.119 e. The zero-order valence-electron chi connectivity index (χ0n) is 14.5. The first kappa shape index (κ1) is 19.1. The van der Waals surface area contributed by atoms with Crippen LogP contribution in [-0.4, -0.2) is 46.8 Å². The minimum Gasteiger partial charge on any atom is -0.494 e. The van der Waals surface area contributed by atoms with Crippen molar-refractivity contribution in [2.75, 3.05) is 13.2 Å². The highest BCUT2D eigenvalue weighted by Gasteiger charge is 2.38. The lowest BCUT2D eigenvalue weighted by Gasteiger charge is -2.35. The van der Waals surface area contributed by atoms with Crippen LogP contribution in [-0.2, 0) is 11.2 Å². The van der Waals surface area contributed by atoms with E-state index < -0.39 is 24.4 Å². The van der Waals surface area contributed by atoms with Gasteiger partial charge in [0.25, 0.3) is 0 Å². The Morgan fingerprint density at radius 2 is 1.81 bits per heavy atom. The number of ether oxygens (including phenoxy) is 2. The zero-order valence-corrected chi connectivity index (χ0v) is 15.3. The summed E-state index contributed by atoms with van der Waals surface area (Å²) in [6.45, 7) is 2.54. The van der Waals surface area contributed by atoms with Gasteiger partial charge >= 0.3 is 0 Å².